The number of hydrogen-bond donors (Lipinski definition) is 3. The van der Waals surface area contributed by atoms with Crippen LogP contribution in [0.25, 0.3) is 0 Å². The van der Waals surface area contributed by atoms with E-state index in [9.17, 15) is 24.1 Å². The lowest BCUT2D eigenvalue weighted by Gasteiger charge is -2.26. The lowest BCUT2D eigenvalue weighted by molar-refractivity contribution is -0.145. The van der Waals surface area contributed by atoms with E-state index in [0.29, 0.717) is 6.42 Å². The summed E-state index contributed by atoms with van der Waals surface area (Å²) in [4.78, 5) is 36.6. The molecule has 6 atom stereocenters. The molecule has 2 aromatic rings. The molecule has 0 bridgehead atoms. The van der Waals surface area contributed by atoms with Gasteiger partial charge in [-0.2, -0.15) is 5.09 Å². The fourth-order valence-electron chi connectivity index (χ4n) is 3.58. The molecule has 1 aromatic carbocycles. The van der Waals surface area contributed by atoms with Crippen LogP contribution in [-0.4, -0.2) is 57.0 Å². The van der Waals surface area contributed by atoms with Crippen LogP contribution in [0.15, 0.2) is 52.2 Å². The molecule has 3 N–H and O–H groups in total. The van der Waals surface area contributed by atoms with E-state index in [4.69, 9.17) is 30.1 Å². The first-order valence-corrected chi connectivity index (χ1v) is 13.7. The van der Waals surface area contributed by atoms with E-state index < -0.39 is 60.9 Å². The summed E-state index contributed by atoms with van der Waals surface area (Å²) in [5.74, 6) is -0.436. The molecule has 1 aliphatic heterocycles. The van der Waals surface area contributed by atoms with Crippen LogP contribution in [0.3, 0.4) is 0 Å². The van der Waals surface area contributed by atoms with Gasteiger partial charge in [0, 0.05) is 12.3 Å². The third-order valence-electron chi connectivity index (χ3n) is 5.65. The van der Waals surface area contributed by atoms with E-state index in [2.05, 4.69) is 10.1 Å². The Bertz CT molecular complexity index is 1220. The highest BCUT2D eigenvalue weighted by Gasteiger charge is 2.54. The number of alkyl halides is 1. The van der Waals surface area contributed by atoms with Gasteiger partial charge in [0.05, 0.1) is 13.2 Å². The largest absolute Gasteiger partial charge is 0.465 e. The molecule has 0 radical (unpaired) electrons. The van der Waals surface area contributed by atoms with E-state index in [1.54, 1.807) is 30.3 Å². The SMILES string of the molecule is CCCCOC(=O)C(C)NP(=O)(OC[C@H]1O[C@@H](n2ccc(=O)[nH]c2=O)[C@](C)(Cl)[C@@H]1O)Oc1ccccc1. The van der Waals surface area contributed by atoms with Crippen molar-refractivity contribution in [3.05, 3.63) is 63.4 Å². The molecule has 204 valence electrons. The summed E-state index contributed by atoms with van der Waals surface area (Å²) >= 11 is 6.53. The quantitative estimate of drug-likeness (QED) is 0.152. The van der Waals surface area contributed by atoms with Crippen LogP contribution >= 0.6 is 19.3 Å². The fraction of sp³-hybridized carbons (Fsp3) is 0.522. The van der Waals surface area contributed by atoms with E-state index >= 15 is 0 Å². The summed E-state index contributed by atoms with van der Waals surface area (Å²) in [5.41, 5.74) is -1.39. The van der Waals surface area contributed by atoms with Crippen molar-refractivity contribution in [2.45, 2.75) is 63.0 Å². The molecule has 37 heavy (non-hydrogen) atoms. The number of aromatic amines is 1. The Morgan fingerprint density at radius 1 is 1.32 bits per heavy atom. The van der Waals surface area contributed by atoms with Crippen molar-refractivity contribution in [1.29, 1.82) is 0 Å². The van der Waals surface area contributed by atoms with Gasteiger partial charge in [-0.1, -0.05) is 31.5 Å². The lowest BCUT2D eigenvalue weighted by atomic mass is 10.0. The molecule has 14 heteroatoms. The normalized spacial score (nSPS) is 25.8. The average molecular weight is 560 g/mol. The van der Waals surface area contributed by atoms with Crippen LogP contribution in [0.1, 0.15) is 39.8 Å². The number of aliphatic hydroxyl groups excluding tert-OH is 1. The van der Waals surface area contributed by atoms with Gasteiger partial charge in [-0.15, -0.1) is 11.6 Å². The molecule has 1 aliphatic rings. The zero-order valence-electron chi connectivity index (χ0n) is 20.7. The number of aromatic nitrogens is 2. The molecule has 2 heterocycles. The van der Waals surface area contributed by atoms with Gasteiger partial charge >= 0.3 is 19.4 Å². The zero-order valence-corrected chi connectivity index (χ0v) is 22.3. The Morgan fingerprint density at radius 2 is 2.03 bits per heavy atom. The van der Waals surface area contributed by atoms with Crippen LogP contribution in [0.2, 0.25) is 0 Å². The third kappa shape index (κ3) is 7.31. The van der Waals surface area contributed by atoms with Crippen LogP contribution < -0.4 is 20.9 Å². The number of unbranched alkanes of at least 4 members (excludes halogenated alkanes) is 1. The highest BCUT2D eigenvalue weighted by molar-refractivity contribution is 7.52. The molecule has 3 rings (SSSR count). The van der Waals surface area contributed by atoms with Crippen molar-refractivity contribution in [2.24, 2.45) is 0 Å². The number of halogens is 1. The Hall–Kier alpha value is -2.47. The summed E-state index contributed by atoms with van der Waals surface area (Å²) in [6.07, 6.45) is -0.993. The topological polar surface area (TPSA) is 158 Å². The molecule has 2 unspecified atom stereocenters. The van der Waals surface area contributed by atoms with E-state index in [0.717, 1.165) is 17.1 Å². The maximum Gasteiger partial charge on any atom is 0.459 e. The number of nitrogens with zero attached hydrogens (tertiary/aromatic N) is 1. The van der Waals surface area contributed by atoms with Crippen LogP contribution in [0.4, 0.5) is 0 Å². The Kier molecular flexibility index (Phi) is 9.74. The van der Waals surface area contributed by atoms with Gasteiger partial charge in [0.25, 0.3) is 5.56 Å². The minimum atomic E-state index is -4.22. The number of nitrogens with one attached hydrogen (secondary N) is 2. The molecule has 0 amide bonds. The first-order valence-electron chi connectivity index (χ1n) is 11.7. The average Bonchev–Trinajstić information content (AvgIpc) is 3.07. The highest BCUT2D eigenvalue weighted by Crippen LogP contribution is 2.48. The number of carbonyl (C=O) groups excluding carboxylic acids is 1. The van der Waals surface area contributed by atoms with Crippen molar-refractivity contribution in [3.63, 3.8) is 0 Å². The van der Waals surface area contributed by atoms with Crippen LogP contribution in [0.5, 0.6) is 5.75 Å². The second-order valence-corrected chi connectivity index (χ2v) is 11.2. The number of H-pyrrole nitrogens is 1. The first-order chi connectivity index (χ1) is 17.5. The van der Waals surface area contributed by atoms with Crippen molar-refractivity contribution in [3.8, 4) is 5.75 Å². The Morgan fingerprint density at radius 3 is 2.68 bits per heavy atom. The molecule has 1 saturated heterocycles. The molecular weight excluding hydrogens is 529 g/mol. The Balaban J connectivity index is 1.77. The number of benzene rings is 1. The van der Waals surface area contributed by atoms with E-state index in [1.807, 2.05) is 6.92 Å². The maximum atomic E-state index is 13.7. The molecule has 1 aromatic heterocycles. The van der Waals surface area contributed by atoms with Gasteiger partial charge in [0.15, 0.2) is 6.23 Å². The number of esters is 1. The smallest absolute Gasteiger partial charge is 0.459 e. The minimum absolute atomic E-state index is 0.206. The summed E-state index contributed by atoms with van der Waals surface area (Å²) in [6.45, 7) is 4.59. The maximum absolute atomic E-state index is 13.7. The molecule has 0 saturated carbocycles. The monoisotopic (exact) mass is 559 g/mol. The van der Waals surface area contributed by atoms with Crippen LogP contribution in [-0.2, 0) is 23.4 Å². The number of rotatable bonds is 12. The van der Waals surface area contributed by atoms with E-state index in [-0.39, 0.29) is 12.4 Å². The number of hydrogen-bond acceptors (Lipinski definition) is 9. The van der Waals surface area contributed by atoms with Crippen LogP contribution in [0, 0.1) is 0 Å². The van der Waals surface area contributed by atoms with Crippen molar-refractivity contribution in [1.82, 2.24) is 14.6 Å². The molecule has 0 aliphatic carbocycles. The third-order valence-corrected chi connectivity index (χ3v) is 7.70. The number of para-hydroxylation sites is 1. The molecule has 0 spiro atoms. The number of ether oxygens (including phenoxy) is 2. The summed E-state index contributed by atoms with van der Waals surface area (Å²) in [5, 5.41) is 13.4. The highest BCUT2D eigenvalue weighted by atomic mass is 35.5. The second-order valence-electron chi connectivity index (χ2n) is 8.71. The van der Waals surface area contributed by atoms with Crippen molar-refractivity contribution >= 4 is 25.3 Å². The van der Waals surface area contributed by atoms with Gasteiger partial charge in [0.2, 0.25) is 0 Å². The van der Waals surface area contributed by atoms with E-state index in [1.165, 1.54) is 20.0 Å². The number of aliphatic hydroxyl groups is 1. The van der Waals surface area contributed by atoms with Crippen molar-refractivity contribution < 1.29 is 33.0 Å². The lowest BCUT2D eigenvalue weighted by Crippen LogP contribution is -2.43. The second kappa shape index (κ2) is 12.4. The predicted molar refractivity (Wildman–Crippen MR) is 135 cm³/mol. The van der Waals surface area contributed by atoms with Gasteiger partial charge in [-0.25, -0.2) is 9.36 Å². The standard InChI is InChI=1S/C23H31ClN3O9P/c1-4-5-13-33-20(30)15(2)26-37(32,36-16-9-7-6-8-10-16)34-14-17-19(29)23(3,24)21(35-17)27-12-11-18(28)25-22(27)31/h6-12,15,17,19,21,29H,4-5,13-14H2,1-3H3,(H,26,32)(H,25,28,31)/t15?,17-,19-,21-,23-,37?/m1/s1. The van der Waals surface area contributed by atoms with Gasteiger partial charge in [-0.05, 0) is 32.4 Å². The fourth-order valence-corrected chi connectivity index (χ4v) is 5.38. The van der Waals surface area contributed by atoms with Gasteiger partial charge < -0.3 is 19.1 Å². The number of carbonyl (C=O) groups is 1. The summed E-state index contributed by atoms with van der Waals surface area (Å²) in [6, 6.07) is 8.24. The molecular formula is C23H31ClN3O9P. The molecule has 1 fully saturated rings. The Labute approximate surface area is 218 Å². The molecule has 12 nitrogen and oxygen atoms in total. The zero-order chi connectivity index (χ0) is 27.2. The first kappa shape index (κ1) is 29.1. The van der Waals surface area contributed by atoms with Gasteiger partial charge in [0.1, 0.15) is 28.9 Å². The minimum Gasteiger partial charge on any atom is -0.465 e. The predicted octanol–water partition coefficient (Wildman–Crippen LogP) is 2.32. The summed E-state index contributed by atoms with van der Waals surface area (Å²) < 4.78 is 36.8. The summed E-state index contributed by atoms with van der Waals surface area (Å²) in [7, 11) is -4.22. The van der Waals surface area contributed by atoms with Gasteiger partial charge in [-0.3, -0.25) is 23.7 Å². The van der Waals surface area contributed by atoms with Crippen molar-refractivity contribution in [2.75, 3.05) is 13.2 Å².